The van der Waals surface area contributed by atoms with Gasteiger partial charge in [0.15, 0.2) is 0 Å². The smallest absolute Gasteiger partial charge is 0.0152 e. The highest BCUT2D eigenvalue weighted by molar-refractivity contribution is 5.78. The van der Waals surface area contributed by atoms with E-state index in [9.17, 15) is 0 Å². The normalized spacial score (nSPS) is 9.57. The summed E-state index contributed by atoms with van der Waals surface area (Å²) >= 11 is 0. The minimum Gasteiger partial charge on any atom is -0.0985 e. The lowest BCUT2D eigenvalue weighted by molar-refractivity contribution is 1.49. The molecule has 0 spiro atoms. The second kappa shape index (κ2) is 4.10. The summed E-state index contributed by atoms with van der Waals surface area (Å²) < 4.78 is 0. The predicted octanol–water partition coefficient (Wildman–Crippen LogP) is 4.40. The monoisotopic (exact) mass is 184 g/mol. The van der Waals surface area contributed by atoms with Gasteiger partial charge in [0.25, 0.3) is 0 Å². The molecule has 0 heterocycles. The van der Waals surface area contributed by atoms with Gasteiger partial charge in [-0.2, -0.15) is 0 Å². The summed E-state index contributed by atoms with van der Waals surface area (Å²) in [6.45, 7) is 15.7. The van der Waals surface area contributed by atoms with E-state index in [0.29, 0.717) is 0 Å². The Bertz CT molecular complexity index is 394. The summed E-state index contributed by atoms with van der Waals surface area (Å²) in [5.41, 5.74) is 5.58. The number of hydrogen-bond donors (Lipinski definition) is 0. The summed E-state index contributed by atoms with van der Waals surface area (Å²) in [4.78, 5) is 0. The maximum atomic E-state index is 3.97. The molecule has 1 aromatic rings. The molecule has 0 nitrogen and oxygen atoms in total. The van der Waals surface area contributed by atoms with Crippen LogP contribution >= 0.6 is 0 Å². The highest BCUT2D eigenvalue weighted by Crippen LogP contribution is 2.24. The fourth-order valence-corrected chi connectivity index (χ4v) is 1.41. The van der Waals surface area contributed by atoms with E-state index >= 15 is 0 Å². The molecule has 0 amide bonds. The highest BCUT2D eigenvalue weighted by atomic mass is 14.1. The molecule has 0 saturated heterocycles. The quantitative estimate of drug-likeness (QED) is 0.653. The van der Waals surface area contributed by atoms with Crippen LogP contribution in [0.15, 0.2) is 37.9 Å². The lowest BCUT2D eigenvalue weighted by Gasteiger charge is -2.10. The van der Waals surface area contributed by atoms with Crippen molar-refractivity contribution in [3.05, 3.63) is 54.6 Å². The molecule has 0 N–H and O–H groups in total. The highest BCUT2D eigenvalue weighted by Gasteiger charge is 2.03. The average molecular weight is 184 g/mol. The van der Waals surface area contributed by atoms with Gasteiger partial charge in [0.1, 0.15) is 0 Å². The maximum Gasteiger partial charge on any atom is -0.0152 e. The van der Waals surface area contributed by atoms with Crippen molar-refractivity contribution < 1.29 is 0 Å². The van der Waals surface area contributed by atoms with Gasteiger partial charge in [-0.15, -0.1) is 0 Å². The van der Waals surface area contributed by atoms with Gasteiger partial charge in [-0.05, 0) is 36.6 Å². The first-order chi connectivity index (χ1) is 6.56. The van der Waals surface area contributed by atoms with Crippen molar-refractivity contribution in [2.75, 3.05) is 0 Å². The molecule has 72 valence electrons. The van der Waals surface area contributed by atoms with E-state index < -0.39 is 0 Å². The first-order valence-electron chi connectivity index (χ1n) is 4.64. The minimum atomic E-state index is 1.06. The van der Waals surface area contributed by atoms with Gasteiger partial charge in [0.2, 0.25) is 0 Å². The molecule has 0 saturated carbocycles. The predicted molar refractivity (Wildman–Crippen MR) is 65.9 cm³/mol. The Morgan fingerprint density at radius 1 is 1.07 bits per heavy atom. The molecule has 0 radical (unpaired) electrons. The van der Waals surface area contributed by atoms with Crippen LogP contribution in [-0.4, -0.2) is 0 Å². The van der Waals surface area contributed by atoms with E-state index in [4.69, 9.17) is 0 Å². The number of benzene rings is 1. The van der Waals surface area contributed by atoms with E-state index in [1.54, 1.807) is 0 Å². The maximum absolute atomic E-state index is 3.97. The van der Waals surface area contributed by atoms with Gasteiger partial charge < -0.3 is 0 Å². The number of hydrogen-bond acceptors (Lipinski definition) is 0. The van der Waals surface area contributed by atoms with Gasteiger partial charge in [0.05, 0.1) is 0 Å². The molecule has 14 heavy (non-hydrogen) atoms. The van der Waals surface area contributed by atoms with E-state index in [1.807, 2.05) is 26.0 Å². The molecular weight excluding hydrogens is 168 g/mol. The molecule has 0 bridgehead atoms. The van der Waals surface area contributed by atoms with E-state index in [2.05, 4.69) is 31.9 Å². The molecule has 0 fully saturated rings. The third kappa shape index (κ3) is 2.02. The zero-order valence-electron chi connectivity index (χ0n) is 8.93. The summed E-state index contributed by atoms with van der Waals surface area (Å²) in [6.07, 6.45) is 1.84. The number of allylic oxidation sites excluding steroid dienone is 2. The molecule has 0 aromatic heterocycles. The summed E-state index contributed by atoms with van der Waals surface area (Å²) in [5, 5.41) is 0. The third-order valence-corrected chi connectivity index (χ3v) is 2.20. The molecule has 0 unspecified atom stereocenters. The first-order valence-corrected chi connectivity index (χ1v) is 4.64. The zero-order chi connectivity index (χ0) is 10.7. The Balaban J connectivity index is 3.38. The van der Waals surface area contributed by atoms with Crippen molar-refractivity contribution in [2.45, 2.75) is 13.8 Å². The molecule has 0 aliphatic carbocycles. The molecule has 1 rings (SSSR count). The average Bonchev–Trinajstić information content (AvgIpc) is 2.16. The SMILES string of the molecule is C=Cc1ccc(C(=C)C)c(C(=C)C)c1. The lowest BCUT2D eigenvalue weighted by atomic mass is 9.95. The van der Waals surface area contributed by atoms with E-state index in [0.717, 1.165) is 22.3 Å². The Kier molecular flexibility index (Phi) is 3.08. The minimum absolute atomic E-state index is 1.06. The van der Waals surface area contributed by atoms with Crippen molar-refractivity contribution in [3.8, 4) is 0 Å². The van der Waals surface area contributed by atoms with Crippen LogP contribution in [0.4, 0.5) is 0 Å². The van der Waals surface area contributed by atoms with Gasteiger partial charge in [-0.3, -0.25) is 0 Å². The zero-order valence-corrected chi connectivity index (χ0v) is 8.93. The van der Waals surface area contributed by atoms with Gasteiger partial charge in [-0.1, -0.05) is 49.1 Å². The second-order valence-electron chi connectivity index (χ2n) is 3.57. The van der Waals surface area contributed by atoms with Crippen LogP contribution in [0.2, 0.25) is 0 Å². The summed E-state index contributed by atoms with van der Waals surface area (Å²) in [5.74, 6) is 0. The molecule has 0 heteroatoms. The van der Waals surface area contributed by atoms with Crippen LogP contribution in [0, 0.1) is 0 Å². The molecule has 0 aliphatic rings. The lowest BCUT2D eigenvalue weighted by Crippen LogP contribution is -1.89. The number of rotatable bonds is 3. The van der Waals surface area contributed by atoms with Crippen molar-refractivity contribution in [3.63, 3.8) is 0 Å². The third-order valence-electron chi connectivity index (χ3n) is 2.20. The second-order valence-corrected chi connectivity index (χ2v) is 3.57. The molecule has 1 aromatic carbocycles. The standard InChI is InChI=1S/C14H16/c1-6-12-7-8-13(10(2)3)14(9-12)11(4)5/h6-9H,1-2,4H2,3,5H3. The van der Waals surface area contributed by atoms with Crippen LogP contribution in [-0.2, 0) is 0 Å². The topological polar surface area (TPSA) is 0 Å². The molecular formula is C14H16. The van der Waals surface area contributed by atoms with Crippen molar-refractivity contribution >= 4 is 17.2 Å². The van der Waals surface area contributed by atoms with Crippen LogP contribution in [0.25, 0.3) is 17.2 Å². The first kappa shape index (κ1) is 10.5. The van der Waals surface area contributed by atoms with Gasteiger partial charge in [0, 0.05) is 0 Å². The fourth-order valence-electron chi connectivity index (χ4n) is 1.41. The molecule has 0 atom stereocenters. The van der Waals surface area contributed by atoms with Crippen molar-refractivity contribution in [2.24, 2.45) is 0 Å². The van der Waals surface area contributed by atoms with Gasteiger partial charge >= 0.3 is 0 Å². The van der Waals surface area contributed by atoms with Crippen LogP contribution in [0.3, 0.4) is 0 Å². The Morgan fingerprint density at radius 2 is 1.64 bits per heavy atom. The fraction of sp³-hybridized carbons (Fsp3) is 0.143. The largest absolute Gasteiger partial charge is 0.0985 e. The van der Waals surface area contributed by atoms with Gasteiger partial charge in [-0.25, -0.2) is 0 Å². The van der Waals surface area contributed by atoms with E-state index in [1.165, 1.54) is 5.56 Å². The Morgan fingerprint density at radius 3 is 2.07 bits per heavy atom. The molecule has 0 aliphatic heterocycles. The van der Waals surface area contributed by atoms with E-state index in [-0.39, 0.29) is 0 Å². The van der Waals surface area contributed by atoms with Crippen LogP contribution in [0.1, 0.15) is 30.5 Å². The summed E-state index contributed by atoms with van der Waals surface area (Å²) in [6, 6.07) is 6.21. The Hall–Kier alpha value is -1.56. The van der Waals surface area contributed by atoms with Crippen molar-refractivity contribution in [1.82, 2.24) is 0 Å². The van der Waals surface area contributed by atoms with Crippen LogP contribution < -0.4 is 0 Å². The summed E-state index contributed by atoms with van der Waals surface area (Å²) in [7, 11) is 0. The van der Waals surface area contributed by atoms with Crippen LogP contribution in [0.5, 0.6) is 0 Å². The van der Waals surface area contributed by atoms with Crippen molar-refractivity contribution in [1.29, 1.82) is 0 Å². The Labute approximate surface area is 86.3 Å².